The summed E-state index contributed by atoms with van der Waals surface area (Å²) in [6, 6.07) is 0. The van der Waals surface area contributed by atoms with Crippen LogP contribution in [0.1, 0.15) is 58.8 Å². The average Bonchev–Trinajstić information content (AvgIpc) is 2.55. The maximum Gasteiger partial charge on any atom is 0.226 e. The number of aliphatic hydroxyl groups excluding tert-OH is 1. The fourth-order valence-corrected chi connectivity index (χ4v) is 4.95. The van der Waals surface area contributed by atoms with E-state index in [1.807, 2.05) is 13.8 Å². The second-order valence-corrected chi connectivity index (χ2v) is 8.04. The van der Waals surface area contributed by atoms with Gasteiger partial charge in [-0.15, -0.1) is 0 Å². The predicted octanol–water partition coefficient (Wildman–Crippen LogP) is 2.48. The van der Waals surface area contributed by atoms with Gasteiger partial charge in [-0.25, -0.2) is 0 Å². The van der Waals surface area contributed by atoms with Gasteiger partial charge in [0.25, 0.3) is 0 Å². The van der Waals surface area contributed by atoms with Gasteiger partial charge in [-0.1, -0.05) is 12.8 Å². The molecule has 4 aliphatic carbocycles. The second-order valence-electron chi connectivity index (χ2n) is 8.04. The molecule has 4 aliphatic rings. The van der Waals surface area contributed by atoms with E-state index >= 15 is 0 Å². The van der Waals surface area contributed by atoms with Crippen molar-refractivity contribution in [2.45, 2.75) is 64.3 Å². The first kappa shape index (κ1) is 13.4. The van der Waals surface area contributed by atoms with Crippen molar-refractivity contribution in [3.63, 3.8) is 0 Å². The van der Waals surface area contributed by atoms with Crippen molar-refractivity contribution in [1.82, 2.24) is 5.32 Å². The number of aliphatic hydroxyl groups is 1. The Morgan fingerprint density at radius 1 is 1.16 bits per heavy atom. The summed E-state index contributed by atoms with van der Waals surface area (Å²) in [4.78, 5) is 12.8. The molecule has 4 atom stereocenters. The highest BCUT2D eigenvalue weighted by Gasteiger charge is 2.52. The lowest BCUT2D eigenvalue weighted by atomic mass is 9.58. The molecule has 0 aromatic carbocycles. The molecular weight excluding hydrogens is 238 g/mol. The minimum absolute atomic E-state index is 0.00507. The summed E-state index contributed by atoms with van der Waals surface area (Å²) >= 11 is 0. The van der Waals surface area contributed by atoms with Crippen molar-refractivity contribution in [1.29, 1.82) is 0 Å². The maximum absolute atomic E-state index is 12.8. The molecule has 4 bridgehead atoms. The van der Waals surface area contributed by atoms with Crippen LogP contribution in [0.4, 0.5) is 0 Å². The molecule has 108 valence electrons. The van der Waals surface area contributed by atoms with Crippen LogP contribution >= 0.6 is 0 Å². The first-order chi connectivity index (χ1) is 8.92. The summed E-state index contributed by atoms with van der Waals surface area (Å²) in [5.74, 6) is 2.54. The Bertz CT molecular complexity index is 361. The van der Waals surface area contributed by atoms with Crippen LogP contribution in [0.15, 0.2) is 0 Å². The highest BCUT2D eigenvalue weighted by Crippen LogP contribution is 2.57. The molecular formula is C16H27NO2. The van der Waals surface area contributed by atoms with E-state index in [-0.39, 0.29) is 17.9 Å². The summed E-state index contributed by atoms with van der Waals surface area (Å²) < 4.78 is 0. The van der Waals surface area contributed by atoms with Gasteiger partial charge in [0.2, 0.25) is 5.91 Å². The molecule has 0 saturated heterocycles. The molecule has 4 saturated carbocycles. The number of hydrogen-bond donors (Lipinski definition) is 2. The number of rotatable bonds is 3. The van der Waals surface area contributed by atoms with E-state index in [2.05, 4.69) is 5.32 Å². The second kappa shape index (κ2) is 4.47. The Kier molecular flexibility index (Phi) is 3.16. The Balaban J connectivity index is 1.81. The number of amides is 1. The van der Waals surface area contributed by atoms with E-state index in [4.69, 9.17) is 0 Å². The minimum Gasteiger partial charge on any atom is -0.394 e. The molecule has 3 nitrogen and oxygen atoms in total. The SMILES string of the molecule is CC(C)(CO)NC(=O)C12CC3C[C@@H](CC[C@@H](C3)C1)C2. The molecule has 3 heteroatoms. The lowest BCUT2D eigenvalue weighted by molar-refractivity contribution is -0.140. The van der Waals surface area contributed by atoms with Crippen LogP contribution in [0, 0.1) is 23.2 Å². The largest absolute Gasteiger partial charge is 0.394 e. The van der Waals surface area contributed by atoms with Gasteiger partial charge in [-0.2, -0.15) is 0 Å². The van der Waals surface area contributed by atoms with Crippen molar-refractivity contribution < 1.29 is 9.90 Å². The summed E-state index contributed by atoms with van der Waals surface area (Å²) in [6.07, 6.45) is 8.65. The zero-order valence-electron chi connectivity index (χ0n) is 12.2. The zero-order valence-corrected chi connectivity index (χ0v) is 12.2. The van der Waals surface area contributed by atoms with Gasteiger partial charge in [-0.05, 0) is 63.7 Å². The Hall–Kier alpha value is -0.570. The first-order valence-electron chi connectivity index (χ1n) is 7.86. The van der Waals surface area contributed by atoms with Gasteiger partial charge in [0.05, 0.1) is 12.1 Å². The van der Waals surface area contributed by atoms with E-state index in [1.54, 1.807) is 0 Å². The van der Waals surface area contributed by atoms with E-state index in [9.17, 15) is 9.90 Å². The monoisotopic (exact) mass is 265 g/mol. The van der Waals surface area contributed by atoms with E-state index in [0.717, 1.165) is 37.0 Å². The lowest BCUT2D eigenvalue weighted by Crippen LogP contribution is -2.55. The molecule has 4 fully saturated rings. The highest BCUT2D eigenvalue weighted by atomic mass is 16.3. The molecule has 19 heavy (non-hydrogen) atoms. The lowest BCUT2D eigenvalue weighted by Gasteiger charge is -2.48. The quantitative estimate of drug-likeness (QED) is 0.823. The van der Waals surface area contributed by atoms with Crippen LogP contribution in [0.2, 0.25) is 0 Å². The fourth-order valence-electron chi connectivity index (χ4n) is 4.95. The van der Waals surface area contributed by atoms with E-state index in [0.29, 0.717) is 0 Å². The van der Waals surface area contributed by atoms with Gasteiger partial charge in [0.15, 0.2) is 0 Å². The number of carbonyl (C=O) groups is 1. The predicted molar refractivity (Wildman–Crippen MR) is 74.5 cm³/mol. The van der Waals surface area contributed by atoms with Crippen LogP contribution in [0.3, 0.4) is 0 Å². The Labute approximate surface area is 116 Å². The fraction of sp³-hybridized carbons (Fsp3) is 0.938. The topological polar surface area (TPSA) is 49.3 Å². The van der Waals surface area contributed by atoms with Crippen molar-refractivity contribution >= 4 is 5.91 Å². The average molecular weight is 265 g/mol. The van der Waals surface area contributed by atoms with E-state index in [1.165, 1.54) is 25.7 Å². The van der Waals surface area contributed by atoms with Crippen LogP contribution in [0.25, 0.3) is 0 Å². The van der Waals surface area contributed by atoms with Crippen molar-refractivity contribution in [2.75, 3.05) is 6.61 Å². The summed E-state index contributed by atoms with van der Waals surface area (Å²) in [5, 5.41) is 12.5. The minimum atomic E-state index is -0.491. The normalized spacial score (nSPS) is 41.1. The molecule has 0 radical (unpaired) electrons. The van der Waals surface area contributed by atoms with Crippen LogP contribution in [-0.2, 0) is 4.79 Å². The van der Waals surface area contributed by atoms with Crippen LogP contribution in [-0.4, -0.2) is 23.2 Å². The third-order valence-electron chi connectivity index (χ3n) is 5.68. The summed E-state index contributed by atoms with van der Waals surface area (Å²) in [5.41, 5.74) is -0.602. The molecule has 4 rings (SSSR count). The summed E-state index contributed by atoms with van der Waals surface area (Å²) in [6.45, 7) is 3.81. The van der Waals surface area contributed by atoms with Gasteiger partial charge in [0.1, 0.15) is 0 Å². The molecule has 1 amide bonds. The summed E-state index contributed by atoms with van der Waals surface area (Å²) in [7, 11) is 0. The van der Waals surface area contributed by atoms with Crippen molar-refractivity contribution in [2.24, 2.45) is 23.2 Å². The number of hydrogen-bond acceptors (Lipinski definition) is 2. The van der Waals surface area contributed by atoms with Crippen LogP contribution < -0.4 is 5.32 Å². The smallest absolute Gasteiger partial charge is 0.226 e. The third kappa shape index (κ3) is 2.42. The van der Waals surface area contributed by atoms with Gasteiger partial charge < -0.3 is 10.4 Å². The molecule has 2 N–H and O–H groups in total. The first-order valence-corrected chi connectivity index (χ1v) is 7.86. The van der Waals surface area contributed by atoms with Crippen molar-refractivity contribution in [3.8, 4) is 0 Å². The molecule has 0 aromatic rings. The van der Waals surface area contributed by atoms with Crippen molar-refractivity contribution in [3.05, 3.63) is 0 Å². The molecule has 0 heterocycles. The van der Waals surface area contributed by atoms with E-state index < -0.39 is 5.54 Å². The Morgan fingerprint density at radius 3 is 2.21 bits per heavy atom. The number of fused-ring (bicyclic) bond motifs is 1. The molecule has 0 aromatic heterocycles. The number of carbonyl (C=O) groups excluding carboxylic acids is 1. The van der Waals surface area contributed by atoms with Gasteiger partial charge in [-0.3, -0.25) is 4.79 Å². The standard InChI is InChI=1S/C16H27NO2/c1-15(2,10-18)17-14(19)16-7-11-3-4-12(8-16)6-13(5-11)9-16/h11-13,18H,3-10H2,1-2H3,(H,17,19)/t11-,12+,13?,16?. The molecule has 0 aliphatic heterocycles. The molecule has 0 spiro atoms. The molecule has 2 unspecified atom stereocenters. The van der Waals surface area contributed by atoms with Gasteiger partial charge >= 0.3 is 0 Å². The maximum atomic E-state index is 12.8. The zero-order chi connectivity index (χ0) is 13.7. The highest BCUT2D eigenvalue weighted by molar-refractivity contribution is 5.83. The number of nitrogens with one attached hydrogen (secondary N) is 1. The van der Waals surface area contributed by atoms with Crippen LogP contribution in [0.5, 0.6) is 0 Å². The third-order valence-corrected chi connectivity index (χ3v) is 5.68. The Morgan fingerprint density at radius 2 is 1.68 bits per heavy atom. The van der Waals surface area contributed by atoms with Gasteiger partial charge in [0, 0.05) is 5.41 Å².